The zero-order valence-corrected chi connectivity index (χ0v) is 20.6. The van der Waals surface area contributed by atoms with Crippen LogP contribution in [0.5, 0.6) is 5.75 Å². The largest absolute Gasteiger partial charge is 0.494 e. The van der Waals surface area contributed by atoms with Gasteiger partial charge in [-0.2, -0.15) is 0 Å². The van der Waals surface area contributed by atoms with E-state index in [0.29, 0.717) is 0 Å². The highest BCUT2D eigenvalue weighted by Crippen LogP contribution is 2.35. The number of alkyl halides is 1. The number of unbranched alkanes of at least 4 members (excludes halogenated alkanes) is 1. The third kappa shape index (κ3) is 6.09. The maximum atomic E-state index is 5.84. The molecule has 0 aliphatic rings. The van der Waals surface area contributed by atoms with E-state index in [1.807, 2.05) is 0 Å². The molecule has 0 bridgehead atoms. The number of hydrogen-bond donors (Lipinski definition) is 0. The highest BCUT2D eigenvalue weighted by atomic mass is 127. The summed E-state index contributed by atoms with van der Waals surface area (Å²) in [6.07, 6.45) is 2.19. The van der Waals surface area contributed by atoms with Crippen LogP contribution < -0.4 is 9.64 Å². The Morgan fingerprint density at radius 2 is 1.11 bits per heavy atom. The molecule has 140 valence electrons. The quantitative estimate of drug-likeness (QED) is 0.140. The van der Waals surface area contributed by atoms with Crippen molar-refractivity contribution >= 4 is 78.2 Å². The van der Waals surface area contributed by atoms with E-state index in [4.69, 9.17) is 4.74 Å². The average molecular weight is 648 g/mol. The Labute approximate surface area is 196 Å². The second-order valence-corrected chi connectivity index (χ2v) is 9.31. The lowest BCUT2D eigenvalue weighted by atomic mass is 10.2. The Hall–Kier alpha value is -0.800. The molecule has 0 atom stereocenters. The van der Waals surface area contributed by atoms with E-state index < -0.39 is 0 Å². The summed E-state index contributed by atoms with van der Waals surface area (Å²) in [4.78, 5) is 2.26. The van der Waals surface area contributed by atoms with Crippen LogP contribution in [-0.4, -0.2) is 11.9 Å². The minimum atomic E-state index is 0.753. The molecule has 0 aliphatic heterocycles. The molecule has 5 heteroatoms. The molecular formula is C22H20BrI2NO. The molecule has 0 heterocycles. The first-order valence-corrected chi connectivity index (χ1v) is 12.1. The maximum absolute atomic E-state index is 5.84. The van der Waals surface area contributed by atoms with Crippen molar-refractivity contribution in [2.24, 2.45) is 0 Å². The molecule has 27 heavy (non-hydrogen) atoms. The number of rotatable bonds is 8. The minimum absolute atomic E-state index is 0.753. The maximum Gasteiger partial charge on any atom is 0.119 e. The Balaban J connectivity index is 1.86. The summed E-state index contributed by atoms with van der Waals surface area (Å²) in [6, 6.07) is 25.5. The molecule has 0 saturated heterocycles. The first kappa shape index (κ1) is 20.9. The average Bonchev–Trinajstić information content (AvgIpc) is 2.69. The molecule has 3 aromatic rings. The number of anilines is 3. The van der Waals surface area contributed by atoms with Crippen LogP contribution in [0.1, 0.15) is 12.8 Å². The number of halogens is 3. The summed E-state index contributed by atoms with van der Waals surface area (Å²) in [5.41, 5.74) is 3.40. The second kappa shape index (κ2) is 10.7. The summed E-state index contributed by atoms with van der Waals surface area (Å²) in [5.74, 6) is 0.915. The van der Waals surface area contributed by atoms with Gasteiger partial charge in [-0.15, -0.1) is 0 Å². The fourth-order valence-electron chi connectivity index (χ4n) is 2.71. The van der Waals surface area contributed by atoms with Gasteiger partial charge in [0.05, 0.1) is 6.61 Å². The van der Waals surface area contributed by atoms with Gasteiger partial charge in [-0.1, -0.05) is 15.9 Å². The second-order valence-electron chi connectivity index (χ2n) is 6.03. The molecule has 0 spiro atoms. The normalized spacial score (nSPS) is 10.6. The Kier molecular flexibility index (Phi) is 8.26. The molecule has 0 aliphatic carbocycles. The standard InChI is InChI=1S/C22H20BrI2NO/c23-15-1-2-16-27-22-13-11-21(12-14-22)26(19-7-3-17(24)4-8-19)20-9-5-18(25)6-10-20/h3-14H,1-2,15-16H2. The predicted molar refractivity (Wildman–Crippen MR) is 135 cm³/mol. The van der Waals surface area contributed by atoms with Gasteiger partial charge in [-0.05, 0) is 131 Å². The van der Waals surface area contributed by atoms with E-state index in [1.54, 1.807) is 0 Å². The monoisotopic (exact) mass is 647 g/mol. The van der Waals surface area contributed by atoms with Crippen molar-refractivity contribution < 1.29 is 4.74 Å². The lowest BCUT2D eigenvalue weighted by Gasteiger charge is -2.25. The van der Waals surface area contributed by atoms with Crippen molar-refractivity contribution in [3.8, 4) is 5.75 Å². The van der Waals surface area contributed by atoms with Crippen LogP contribution in [0.15, 0.2) is 72.8 Å². The lowest BCUT2D eigenvalue weighted by Crippen LogP contribution is -2.10. The lowest BCUT2D eigenvalue weighted by molar-refractivity contribution is 0.310. The zero-order valence-electron chi connectivity index (χ0n) is 14.7. The van der Waals surface area contributed by atoms with Gasteiger partial charge in [-0.3, -0.25) is 0 Å². The van der Waals surface area contributed by atoms with E-state index in [1.165, 1.54) is 7.14 Å². The van der Waals surface area contributed by atoms with Gasteiger partial charge in [0.1, 0.15) is 5.75 Å². The molecule has 2 nitrogen and oxygen atoms in total. The van der Waals surface area contributed by atoms with Crippen molar-refractivity contribution in [1.82, 2.24) is 0 Å². The number of hydrogen-bond acceptors (Lipinski definition) is 2. The van der Waals surface area contributed by atoms with E-state index in [0.717, 1.165) is 47.6 Å². The van der Waals surface area contributed by atoms with Gasteiger partial charge in [0.2, 0.25) is 0 Å². The third-order valence-corrected chi connectivity index (χ3v) is 6.06. The molecule has 0 saturated carbocycles. The minimum Gasteiger partial charge on any atom is -0.494 e. The molecule has 0 aromatic heterocycles. The number of benzene rings is 3. The molecule has 0 unspecified atom stereocenters. The summed E-state index contributed by atoms with van der Waals surface area (Å²) in [7, 11) is 0. The molecule has 0 N–H and O–H groups in total. The van der Waals surface area contributed by atoms with Crippen LogP contribution in [0.25, 0.3) is 0 Å². The van der Waals surface area contributed by atoms with Crippen LogP contribution >= 0.6 is 61.1 Å². The van der Waals surface area contributed by atoms with E-state index >= 15 is 0 Å². The third-order valence-electron chi connectivity index (χ3n) is 4.06. The predicted octanol–water partition coefficient (Wildman–Crippen LogP) is 7.92. The van der Waals surface area contributed by atoms with E-state index in [9.17, 15) is 0 Å². The van der Waals surface area contributed by atoms with Crippen LogP contribution in [0, 0.1) is 7.14 Å². The number of ether oxygens (including phenoxy) is 1. The molecule has 3 rings (SSSR count). The van der Waals surface area contributed by atoms with Crippen molar-refractivity contribution in [2.75, 3.05) is 16.8 Å². The molecule has 0 fully saturated rings. The van der Waals surface area contributed by atoms with Crippen LogP contribution in [0.2, 0.25) is 0 Å². The van der Waals surface area contributed by atoms with E-state index in [-0.39, 0.29) is 0 Å². The van der Waals surface area contributed by atoms with Crippen molar-refractivity contribution in [2.45, 2.75) is 12.8 Å². The van der Waals surface area contributed by atoms with Crippen molar-refractivity contribution in [1.29, 1.82) is 0 Å². The van der Waals surface area contributed by atoms with Gasteiger partial charge >= 0.3 is 0 Å². The van der Waals surface area contributed by atoms with Crippen LogP contribution in [0.3, 0.4) is 0 Å². The summed E-state index contributed by atoms with van der Waals surface area (Å²) in [5, 5.41) is 1.02. The fraction of sp³-hybridized carbons (Fsp3) is 0.182. The number of nitrogens with zero attached hydrogens (tertiary/aromatic N) is 1. The SMILES string of the molecule is BrCCCCOc1ccc(N(c2ccc(I)cc2)c2ccc(I)cc2)cc1. The molecular weight excluding hydrogens is 628 g/mol. The molecule has 3 aromatic carbocycles. The Morgan fingerprint density at radius 3 is 1.56 bits per heavy atom. The summed E-state index contributed by atoms with van der Waals surface area (Å²) in [6.45, 7) is 0.753. The smallest absolute Gasteiger partial charge is 0.119 e. The van der Waals surface area contributed by atoms with Gasteiger partial charge in [-0.25, -0.2) is 0 Å². The first-order valence-electron chi connectivity index (χ1n) is 8.77. The van der Waals surface area contributed by atoms with Gasteiger partial charge in [0.15, 0.2) is 0 Å². The first-order chi connectivity index (χ1) is 13.2. The van der Waals surface area contributed by atoms with Crippen molar-refractivity contribution in [3.05, 3.63) is 79.9 Å². The van der Waals surface area contributed by atoms with Gasteiger partial charge in [0, 0.05) is 29.5 Å². The van der Waals surface area contributed by atoms with Gasteiger partial charge < -0.3 is 9.64 Å². The fourth-order valence-corrected chi connectivity index (χ4v) is 3.82. The Bertz CT molecular complexity index is 790. The molecule has 0 radical (unpaired) electrons. The highest BCUT2D eigenvalue weighted by molar-refractivity contribution is 14.1. The van der Waals surface area contributed by atoms with Gasteiger partial charge in [0.25, 0.3) is 0 Å². The summed E-state index contributed by atoms with van der Waals surface area (Å²) >= 11 is 8.13. The summed E-state index contributed by atoms with van der Waals surface area (Å²) < 4.78 is 8.30. The van der Waals surface area contributed by atoms with E-state index in [2.05, 4.69) is 139 Å². The highest BCUT2D eigenvalue weighted by Gasteiger charge is 2.12. The topological polar surface area (TPSA) is 12.5 Å². The van der Waals surface area contributed by atoms with Crippen LogP contribution in [0.4, 0.5) is 17.1 Å². The van der Waals surface area contributed by atoms with Crippen LogP contribution in [-0.2, 0) is 0 Å². The van der Waals surface area contributed by atoms with Crippen molar-refractivity contribution in [3.63, 3.8) is 0 Å². The molecule has 0 amide bonds. The Morgan fingerprint density at radius 1 is 0.667 bits per heavy atom. The zero-order chi connectivity index (χ0) is 19.1.